The molecule has 21 heavy (non-hydrogen) atoms. The highest BCUT2D eigenvalue weighted by molar-refractivity contribution is 5.14. The lowest BCUT2D eigenvalue weighted by molar-refractivity contribution is -0.0279. The Hall–Kier alpha value is -0.900. The molecule has 2 aliphatic rings. The highest BCUT2D eigenvalue weighted by Crippen LogP contribution is 2.26. The minimum atomic E-state index is 0.458. The van der Waals surface area contributed by atoms with Crippen molar-refractivity contribution in [3.63, 3.8) is 0 Å². The van der Waals surface area contributed by atoms with Crippen LogP contribution in [0, 0.1) is 0 Å². The van der Waals surface area contributed by atoms with Crippen LogP contribution in [0.1, 0.15) is 31.2 Å². The Bertz CT molecular complexity index is 414. The molecule has 0 aromatic heterocycles. The van der Waals surface area contributed by atoms with E-state index in [1.54, 1.807) is 0 Å². The number of methoxy groups -OCH3 is 1. The van der Waals surface area contributed by atoms with Gasteiger partial charge in [0, 0.05) is 45.9 Å². The molecule has 1 aliphatic carbocycles. The molecule has 0 bridgehead atoms. The Kier molecular flexibility index (Phi) is 5.28. The zero-order valence-electron chi connectivity index (χ0n) is 13.2. The number of rotatable bonds is 4. The maximum absolute atomic E-state index is 5.72. The number of ether oxygens (including phenoxy) is 1. The van der Waals surface area contributed by atoms with Gasteiger partial charge in [0.2, 0.25) is 0 Å². The summed E-state index contributed by atoms with van der Waals surface area (Å²) >= 11 is 0. The van der Waals surface area contributed by atoms with E-state index in [0.717, 1.165) is 6.54 Å². The number of hydrogen-bond donors (Lipinski definition) is 0. The molecule has 0 N–H and O–H groups in total. The van der Waals surface area contributed by atoms with E-state index in [2.05, 4.69) is 40.1 Å². The fraction of sp³-hybridized carbons (Fsp3) is 0.667. The molecule has 1 saturated heterocycles. The molecule has 116 valence electrons. The Balaban J connectivity index is 1.50. The van der Waals surface area contributed by atoms with Crippen LogP contribution in [0.4, 0.5) is 0 Å². The molecule has 0 radical (unpaired) electrons. The molecule has 0 unspecified atom stereocenters. The van der Waals surface area contributed by atoms with Crippen molar-refractivity contribution in [1.82, 2.24) is 9.80 Å². The predicted octanol–water partition coefficient (Wildman–Crippen LogP) is 2.76. The topological polar surface area (TPSA) is 15.7 Å². The molecule has 2 atom stereocenters. The zero-order chi connectivity index (χ0) is 14.5. The minimum absolute atomic E-state index is 0.458. The van der Waals surface area contributed by atoms with Crippen LogP contribution in [0.3, 0.4) is 0 Å². The molecule has 3 heteroatoms. The summed E-state index contributed by atoms with van der Waals surface area (Å²) in [6, 6.07) is 11.5. The first-order chi connectivity index (χ1) is 10.4. The van der Waals surface area contributed by atoms with E-state index in [1.807, 2.05) is 7.11 Å². The number of hydrogen-bond acceptors (Lipinski definition) is 3. The summed E-state index contributed by atoms with van der Waals surface area (Å²) in [4.78, 5) is 5.26. The maximum atomic E-state index is 5.72. The Morgan fingerprint density at radius 3 is 2.43 bits per heavy atom. The third-order valence-electron chi connectivity index (χ3n) is 5.10. The van der Waals surface area contributed by atoms with Gasteiger partial charge in [-0.1, -0.05) is 43.2 Å². The van der Waals surface area contributed by atoms with Gasteiger partial charge < -0.3 is 4.74 Å². The zero-order valence-corrected chi connectivity index (χ0v) is 13.2. The fourth-order valence-electron chi connectivity index (χ4n) is 3.86. The van der Waals surface area contributed by atoms with Crippen molar-refractivity contribution in [2.75, 3.05) is 33.3 Å². The summed E-state index contributed by atoms with van der Waals surface area (Å²) in [7, 11) is 1.88. The second kappa shape index (κ2) is 7.39. The lowest BCUT2D eigenvalue weighted by Crippen LogP contribution is -2.54. The first-order valence-electron chi connectivity index (χ1n) is 8.40. The number of piperazine rings is 1. The second-order valence-corrected chi connectivity index (χ2v) is 6.42. The van der Waals surface area contributed by atoms with Gasteiger partial charge in [-0.05, 0) is 18.4 Å². The van der Waals surface area contributed by atoms with Crippen molar-refractivity contribution in [2.45, 2.75) is 44.4 Å². The van der Waals surface area contributed by atoms with Crippen LogP contribution in [-0.2, 0) is 11.3 Å². The van der Waals surface area contributed by atoms with Gasteiger partial charge in [-0.2, -0.15) is 0 Å². The van der Waals surface area contributed by atoms with Gasteiger partial charge in [0.15, 0.2) is 0 Å². The lowest BCUT2D eigenvalue weighted by atomic mass is 9.90. The summed E-state index contributed by atoms with van der Waals surface area (Å²) in [6.45, 7) is 5.84. The summed E-state index contributed by atoms with van der Waals surface area (Å²) in [6.07, 6.45) is 5.72. The van der Waals surface area contributed by atoms with E-state index < -0.39 is 0 Å². The van der Waals surface area contributed by atoms with E-state index in [-0.39, 0.29) is 0 Å². The molecule has 0 spiro atoms. The molecule has 3 nitrogen and oxygen atoms in total. The standard InChI is InChI=1S/C18H28N2O/c1-21-18-10-6-5-9-17(18)20-13-11-19(12-14-20)15-16-7-3-2-4-8-16/h2-4,7-8,17-18H,5-6,9-15H2,1H3/t17-,18-/m1/s1. The lowest BCUT2D eigenvalue weighted by Gasteiger charge is -2.43. The number of nitrogens with zero attached hydrogens (tertiary/aromatic N) is 2. The second-order valence-electron chi connectivity index (χ2n) is 6.42. The molecular formula is C18H28N2O. The maximum Gasteiger partial charge on any atom is 0.0726 e. The molecule has 2 fully saturated rings. The fourth-order valence-corrected chi connectivity index (χ4v) is 3.86. The Morgan fingerprint density at radius 2 is 1.71 bits per heavy atom. The van der Waals surface area contributed by atoms with Crippen molar-refractivity contribution < 1.29 is 4.74 Å². The quantitative estimate of drug-likeness (QED) is 0.847. The van der Waals surface area contributed by atoms with Crippen LogP contribution in [-0.4, -0.2) is 55.2 Å². The first-order valence-corrected chi connectivity index (χ1v) is 8.40. The smallest absolute Gasteiger partial charge is 0.0726 e. The van der Waals surface area contributed by atoms with Gasteiger partial charge in [0.25, 0.3) is 0 Å². The van der Waals surface area contributed by atoms with Crippen LogP contribution in [0.25, 0.3) is 0 Å². The largest absolute Gasteiger partial charge is 0.380 e. The van der Waals surface area contributed by atoms with Gasteiger partial charge in [0.1, 0.15) is 0 Å². The molecule has 1 aromatic rings. The summed E-state index contributed by atoms with van der Waals surface area (Å²) in [5, 5.41) is 0. The van der Waals surface area contributed by atoms with Crippen LogP contribution in [0.2, 0.25) is 0 Å². The van der Waals surface area contributed by atoms with E-state index >= 15 is 0 Å². The van der Waals surface area contributed by atoms with Gasteiger partial charge >= 0.3 is 0 Å². The third-order valence-corrected chi connectivity index (χ3v) is 5.10. The number of benzene rings is 1. The molecule has 1 saturated carbocycles. The molecule has 0 amide bonds. The van der Waals surface area contributed by atoms with Crippen molar-refractivity contribution >= 4 is 0 Å². The van der Waals surface area contributed by atoms with Crippen molar-refractivity contribution in [1.29, 1.82) is 0 Å². The Labute approximate surface area is 128 Å². The highest BCUT2D eigenvalue weighted by Gasteiger charge is 2.31. The summed E-state index contributed by atoms with van der Waals surface area (Å²) in [5.74, 6) is 0. The van der Waals surface area contributed by atoms with Gasteiger partial charge in [-0.25, -0.2) is 0 Å². The van der Waals surface area contributed by atoms with Gasteiger partial charge in [0.05, 0.1) is 6.10 Å². The highest BCUT2D eigenvalue weighted by atomic mass is 16.5. The van der Waals surface area contributed by atoms with Gasteiger partial charge in [-0.3, -0.25) is 9.80 Å². The average molecular weight is 288 g/mol. The van der Waals surface area contributed by atoms with Crippen molar-refractivity contribution in [3.05, 3.63) is 35.9 Å². The van der Waals surface area contributed by atoms with Crippen LogP contribution in [0.15, 0.2) is 30.3 Å². The minimum Gasteiger partial charge on any atom is -0.380 e. The first kappa shape index (κ1) is 15.0. The average Bonchev–Trinajstić information content (AvgIpc) is 2.56. The molecular weight excluding hydrogens is 260 g/mol. The normalized spacial score (nSPS) is 28.6. The predicted molar refractivity (Wildman–Crippen MR) is 86.3 cm³/mol. The van der Waals surface area contributed by atoms with Crippen LogP contribution in [0.5, 0.6) is 0 Å². The van der Waals surface area contributed by atoms with E-state index in [0.29, 0.717) is 12.1 Å². The van der Waals surface area contributed by atoms with Gasteiger partial charge in [-0.15, -0.1) is 0 Å². The monoisotopic (exact) mass is 288 g/mol. The Morgan fingerprint density at radius 1 is 1.00 bits per heavy atom. The molecule has 1 aromatic carbocycles. The third kappa shape index (κ3) is 3.85. The van der Waals surface area contributed by atoms with Crippen molar-refractivity contribution in [2.24, 2.45) is 0 Å². The van der Waals surface area contributed by atoms with Crippen LogP contribution >= 0.6 is 0 Å². The molecule has 3 rings (SSSR count). The molecule has 1 heterocycles. The van der Waals surface area contributed by atoms with E-state index in [9.17, 15) is 0 Å². The van der Waals surface area contributed by atoms with Crippen LogP contribution < -0.4 is 0 Å². The summed E-state index contributed by atoms with van der Waals surface area (Å²) in [5.41, 5.74) is 1.43. The van der Waals surface area contributed by atoms with E-state index in [1.165, 1.54) is 57.4 Å². The van der Waals surface area contributed by atoms with E-state index in [4.69, 9.17) is 4.74 Å². The SMILES string of the molecule is CO[C@@H]1CCCC[C@H]1N1CCN(Cc2ccccc2)CC1. The summed E-state index contributed by atoms with van der Waals surface area (Å²) < 4.78 is 5.72. The van der Waals surface area contributed by atoms with Crippen molar-refractivity contribution in [3.8, 4) is 0 Å². The molecule has 1 aliphatic heterocycles.